The van der Waals surface area contributed by atoms with Crippen LogP contribution >= 0.6 is 0 Å². The minimum absolute atomic E-state index is 0.0894. The lowest BCUT2D eigenvalue weighted by atomic mass is 10.5. The number of hydroxylamine groups is 3. The van der Waals surface area contributed by atoms with Crippen LogP contribution in [-0.4, -0.2) is 37.7 Å². The first-order valence-corrected chi connectivity index (χ1v) is 3.20. The number of nitrogens with zero attached hydrogens (tertiary/aromatic N) is 1. The number of carbonyl (C=O) groups is 1. The van der Waals surface area contributed by atoms with Crippen molar-refractivity contribution < 1.29 is 9.44 Å². The first-order chi connectivity index (χ1) is 4.42. The maximum atomic E-state index is 10.9. The van der Waals surface area contributed by atoms with Gasteiger partial charge in [0.2, 0.25) is 5.91 Å². The fourth-order valence-corrected chi connectivity index (χ4v) is 0.501. The topological polar surface area (TPSA) is 52.2 Å². The van der Waals surface area contributed by atoms with Gasteiger partial charge in [0.15, 0.2) is 0 Å². The summed E-state index contributed by atoms with van der Waals surface area (Å²) in [6.07, 6.45) is 0. The Labute approximate surface area is 61.0 Å². The number of amides is 1. The molecule has 0 bridgehead atoms. The summed E-state index contributed by atoms with van der Waals surface area (Å²) in [5.41, 5.74) is 0. The van der Waals surface area contributed by atoms with Crippen molar-refractivity contribution in [3.05, 3.63) is 5.21 Å². The standard InChI is InChI=1S/C6H14N2O2/c1-6(9)7-4-5-8(2,3)10/h4-5H2,1-3H3,(H,7,9). The van der Waals surface area contributed by atoms with Crippen LogP contribution < -0.4 is 5.32 Å². The molecule has 0 aliphatic heterocycles. The second-order valence-electron chi connectivity index (χ2n) is 2.78. The Bertz CT molecular complexity index is 117. The molecule has 0 aromatic heterocycles. The van der Waals surface area contributed by atoms with Crippen molar-refractivity contribution in [3.8, 4) is 0 Å². The zero-order valence-electron chi connectivity index (χ0n) is 6.68. The van der Waals surface area contributed by atoms with Crippen molar-refractivity contribution >= 4 is 5.91 Å². The van der Waals surface area contributed by atoms with E-state index in [9.17, 15) is 10.0 Å². The lowest BCUT2D eigenvalue weighted by molar-refractivity contribution is -0.838. The molecule has 4 heteroatoms. The van der Waals surface area contributed by atoms with Crippen molar-refractivity contribution in [2.24, 2.45) is 0 Å². The van der Waals surface area contributed by atoms with Crippen LogP contribution in [0.4, 0.5) is 0 Å². The average Bonchev–Trinajstić information content (AvgIpc) is 1.59. The lowest BCUT2D eigenvalue weighted by Gasteiger charge is -2.33. The lowest BCUT2D eigenvalue weighted by Crippen LogP contribution is -2.39. The van der Waals surface area contributed by atoms with Gasteiger partial charge in [-0.05, 0) is 0 Å². The molecule has 0 heterocycles. The number of hydrogen-bond acceptors (Lipinski definition) is 2. The van der Waals surface area contributed by atoms with Crippen LogP contribution in [0.2, 0.25) is 0 Å². The number of rotatable bonds is 3. The molecule has 10 heavy (non-hydrogen) atoms. The van der Waals surface area contributed by atoms with E-state index in [1.807, 2.05) is 0 Å². The van der Waals surface area contributed by atoms with Gasteiger partial charge in [-0.25, -0.2) is 0 Å². The quantitative estimate of drug-likeness (QED) is 0.439. The SMILES string of the molecule is CC(=O)NCC[N+](C)(C)[O-]. The molecule has 0 rings (SSSR count). The summed E-state index contributed by atoms with van der Waals surface area (Å²) in [6, 6.07) is 0. The largest absolute Gasteiger partial charge is 0.633 e. The van der Waals surface area contributed by atoms with Gasteiger partial charge < -0.3 is 15.2 Å². The van der Waals surface area contributed by atoms with E-state index >= 15 is 0 Å². The van der Waals surface area contributed by atoms with E-state index in [4.69, 9.17) is 0 Å². The van der Waals surface area contributed by atoms with Gasteiger partial charge in [-0.1, -0.05) is 0 Å². The van der Waals surface area contributed by atoms with E-state index < -0.39 is 0 Å². The Balaban J connectivity index is 3.29. The molecule has 0 atom stereocenters. The Morgan fingerprint density at radius 1 is 1.60 bits per heavy atom. The molecule has 0 saturated heterocycles. The fraction of sp³-hybridized carbons (Fsp3) is 0.833. The normalized spacial score (nSPS) is 11.2. The monoisotopic (exact) mass is 146 g/mol. The summed E-state index contributed by atoms with van der Waals surface area (Å²) in [4.78, 5) is 10.3. The number of carbonyl (C=O) groups excluding carboxylic acids is 1. The molecular formula is C6H14N2O2. The van der Waals surface area contributed by atoms with Gasteiger partial charge in [-0.3, -0.25) is 4.79 Å². The predicted octanol–water partition coefficient (Wildman–Crippen LogP) is -0.303. The highest BCUT2D eigenvalue weighted by atomic mass is 16.5. The van der Waals surface area contributed by atoms with Gasteiger partial charge in [0, 0.05) is 6.92 Å². The third kappa shape index (κ3) is 7.39. The molecule has 0 aromatic carbocycles. The van der Waals surface area contributed by atoms with Crippen LogP contribution in [0.5, 0.6) is 0 Å². The Morgan fingerprint density at radius 2 is 2.10 bits per heavy atom. The van der Waals surface area contributed by atoms with Crippen LogP contribution in [0.25, 0.3) is 0 Å². The molecule has 0 spiro atoms. The van der Waals surface area contributed by atoms with E-state index in [-0.39, 0.29) is 10.6 Å². The van der Waals surface area contributed by atoms with Gasteiger partial charge in [-0.15, -0.1) is 0 Å². The molecule has 0 aliphatic rings. The molecule has 0 saturated carbocycles. The van der Waals surface area contributed by atoms with Gasteiger partial charge >= 0.3 is 0 Å². The molecule has 0 aliphatic carbocycles. The number of quaternary nitrogens is 1. The highest BCUT2D eigenvalue weighted by Gasteiger charge is 2.00. The zero-order valence-corrected chi connectivity index (χ0v) is 6.68. The van der Waals surface area contributed by atoms with Crippen LogP contribution in [0.1, 0.15) is 6.92 Å². The van der Waals surface area contributed by atoms with Crippen LogP contribution in [0.15, 0.2) is 0 Å². The van der Waals surface area contributed by atoms with E-state index in [0.717, 1.165) is 0 Å². The van der Waals surface area contributed by atoms with Crippen molar-refractivity contribution in [2.45, 2.75) is 6.92 Å². The van der Waals surface area contributed by atoms with Gasteiger partial charge in [0.05, 0.1) is 27.2 Å². The molecule has 1 amide bonds. The molecule has 0 fully saturated rings. The second-order valence-corrected chi connectivity index (χ2v) is 2.78. The van der Waals surface area contributed by atoms with Gasteiger partial charge in [-0.2, -0.15) is 0 Å². The number of likely N-dealkylation sites (N-methyl/N-ethyl adjacent to an activating group) is 1. The Hall–Kier alpha value is -0.610. The minimum Gasteiger partial charge on any atom is -0.633 e. The van der Waals surface area contributed by atoms with Crippen LogP contribution in [-0.2, 0) is 4.79 Å². The smallest absolute Gasteiger partial charge is 0.217 e. The predicted molar refractivity (Wildman–Crippen MR) is 39.0 cm³/mol. The van der Waals surface area contributed by atoms with Crippen molar-refractivity contribution in [1.82, 2.24) is 5.32 Å². The fourth-order valence-electron chi connectivity index (χ4n) is 0.501. The third-order valence-electron chi connectivity index (χ3n) is 1.02. The molecule has 1 N–H and O–H groups in total. The third-order valence-corrected chi connectivity index (χ3v) is 1.02. The first kappa shape index (κ1) is 9.39. The van der Waals surface area contributed by atoms with E-state index in [1.165, 1.54) is 6.92 Å². The van der Waals surface area contributed by atoms with E-state index in [2.05, 4.69) is 5.32 Å². The summed E-state index contributed by atoms with van der Waals surface area (Å²) in [5, 5.41) is 13.4. The van der Waals surface area contributed by atoms with Gasteiger partial charge in [0.25, 0.3) is 0 Å². The average molecular weight is 146 g/mol. The Morgan fingerprint density at radius 3 is 2.40 bits per heavy atom. The summed E-state index contributed by atoms with van der Waals surface area (Å²) in [6.45, 7) is 2.30. The molecular weight excluding hydrogens is 132 g/mol. The molecule has 0 aromatic rings. The van der Waals surface area contributed by atoms with Crippen molar-refractivity contribution in [3.63, 3.8) is 0 Å². The van der Waals surface area contributed by atoms with Crippen molar-refractivity contribution in [1.29, 1.82) is 0 Å². The van der Waals surface area contributed by atoms with E-state index in [1.54, 1.807) is 14.1 Å². The van der Waals surface area contributed by atoms with Crippen LogP contribution in [0.3, 0.4) is 0 Å². The van der Waals surface area contributed by atoms with Gasteiger partial charge in [0.1, 0.15) is 0 Å². The van der Waals surface area contributed by atoms with E-state index in [0.29, 0.717) is 13.1 Å². The summed E-state index contributed by atoms with van der Waals surface area (Å²) >= 11 is 0. The summed E-state index contributed by atoms with van der Waals surface area (Å²) in [7, 11) is 3.09. The highest BCUT2D eigenvalue weighted by molar-refractivity contribution is 5.72. The molecule has 60 valence electrons. The first-order valence-electron chi connectivity index (χ1n) is 3.20. The number of hydrogen-bond donors (Lipinski definition) is 1. The van der Waals surface area contributed by atoms with Crippen LogP contribution in [0, 0.1) is 5.21 Å². The number of nitrogens with one attached hydrogen (secondary N) is 1. The summed E-state index contributed by atoms with van der Waals surface area (Å²) < 4.78 is -0.361. The Kier molecular flexibility index (Phi) is 3.32. The highest BCUT2D eigenvalue weighted by Crippen LogP contribution is 1.88. The summed E-state index contributed by atoms with van der Waals surface area (Å²) in [5.74, 6) is -0.0894. The maximum Gasteiger partial charge on any atom is 0.217 e. The zero-order chi connectivity index (χ0) is 8.20. The second kappa shape index (κ2) is 3.53. The maximum absolute atomic E-state index is 10.9. The minimum atomic E-state index is -0.361. The molecule has 4 nitrogen and oxygen atoms in total. The van der Waals surface area contributed by atoms with Crippen molar-refractivity contribution in [2.75, 3.05) is 27.2 Å². The molecule has 0 radical (unpaired) electrons. The molecule has 0 unspecified atom stereocenters.